The SMILES string of the molecule is Brc1ccc(SCCCCCCCCCCN2CCSC2)nc1. The Hall–Kier alpha value is 0.290. The molecule has 0 bridgehead atoms. The van der Waals surface area contributed by atoms with E-state index in [0.29, 0.717) is 0 Å². The second-order valence-electron chi connectivity index (χ2n) is 6.15. The molecule has 1 saturated heterocycles. The zero-order valence-electron chi connectivity index (χ0n) is 14.0. The zero-order valence-corrected chi connectivity index (χ0v) is 17.2. The van der Waals surface area contributed by atoms with Crippen molar-refractivity contribution in [1.82, 2.24) is 9.88 Å². The highest BCUT2D eigenvalue weighted by molar-refractivity contribution is 9.10. The van der Waals surface area contributed by atoms with Crippen molar-refractivity contribution < 1.29 is 0 Å². The van der Waals surface area contributed by atoms with Gasteiger partial charge in [-0.3, -0.25) is 4.90 Å². The highest BCUT2D eigenvalue weighted by Crippen LogP contribution is 2.20. The molecule has 0 radical (unpaired) electrons. The van der Waals surface area contributed by atoms with E-state index in [1.165, 1.54) is 81.8 Å². The van der Waals surface area contributed by atoms with E-state index in [1.54, 1.807) is 0 Å². The summed E-state index contributed by atoms with van der Waals surface area (Å²) in [6, 6.07) is 4.16. The molecule has 130 valence electrons. The number of unbranched alkanes of at least 4 members (excludes halogenated alkanes) is 7. The molecule has 0 aromatic carbocycles. The number of rotatable bonds is 12. The van der Waals surface area contributed by atoms with E-state index in [4.69, 9.17) is 0 Å². The summed E-state index contributed by atoms with van der Waals surface area (Å²) in [6.45, 7) is 2.65. The molecule has 0 N–H and O–H groups in total. The van der Waals surface area contributed by atoms with Gasteiger partial charge in [0, 0.05) is 28.8 Å². The lowest BCUT2D eigenvalue weighted by Gasteiger charge is -2.12. The molecule has 0 spiro atoms. The lowest BCUT2D eigenvalue weighted by Crippen LogP contribution is -2.20. The summed E-state index contributed by atoms with van der Waals surface area (Å²) in [6.07, 6.45) is 13.1. The minimum absolute atomic E-state index is 1.06. The fourth-order valence-corrected chi connectivity index (χ4v) is 4.87. The Morgan fingerprint density at radius 3 is 2.43 bits per heavy atom. The number of hydrogen-bond acceptors (Lipinski definition) is 4. The molecule has 1 aromatic rings. The first-order valence-electron chi connectivity index (χ1n) is 8.89. The maximum atomic E-state index is 4.39. The Kier molecular flexibility index (Phi) is 10.8. The van der Waals surface area contributed by atoms with Crippen LogP contribution in [-0.2, 0) is 0 Å². The third-order valence-corrected chi connectivity index (χ3v) is 6.66. The van der Waals surface area contributed by atoms with Crippen LogP contribution in [0.15, 0.2) is 27.8 Å². The van der Waals surface area contributed by atoms with E-state index in [1.807, 2.05) is 18.0 Å². The molecule has 0 atom stereocenters. The summed E-state index contributed by atoms with van der Waals surface area (Å²) >= 11 is 7.38. The van der Waals surface area contributed by atoms with Crippen LogP contribution in [0.25, 0.3) is 0 Å². The summed E-state index contributed by atoms with van der Waals surface area (Å²) in [5.74, 6) is 3.81. The van der Waals surface area contributed by atoms with Crippen LogP contribution in [0, 0.1) is 0 Å². The average Bonchev–Trinajstić information content (AvgIpc) is 3.07. The van der Waals surface area contributed by atoms with Crippen molar-refractivity contribution >= 4 is 39.5 Å². The lowest BCUT2D eigenvalue weighted by atomic mass is 10.1. The van der Waals surface area contributed by atoms with Gasteiger partial charge in [-0.05, 0) is 53.2 Å². The van der Waals surface area contributed by atoms with Gasteiger partial charge < -0.3 is 0 Å². The molecule has 0 aliphatic carbocycles. The molecule has 5 heteroatoms. The number of hydrogen-bond donors (Lipinski definition) is 0. The van der Waals surface area contributed by atoms with E-state index in [2.05, 4.69) is 49.7 Å². The molecule has 23 heavy (non-hydrogen) atoms. The molecule has 0 unspecified atom stereocenters. The van der Waals surface area contributed by atoms with Gasteiger partial charge in [0.15, 0.2) is 0 Å². The van der Waals surface area contributed by atoms with Gasteiger partial charge in [-0.1, -0.05) is 38.5 Å². The maximum absolute atomic E-state index is 4.39. The molecular weight excluding hydrogens is 388 g/mol. The predicted molar refractivity (Wildman–Crippen MR) is 108 cm³/mol. The van der Waals surface area contributed by atoms with Crippen LogP contribution in [0.5, 0.6) is 0 Å². The van der Waals surface area contributed by atoms with E-state index < -0.39 is 0 Å². The van der Waals surface area contributed by atoms with Crippen LogP contribution in [0.4, 0.5) is 0 Å². The number of pyridine rings is 1. The summed E-state index contributed by atoms with van der Waals surface area (Å²) in [4.78, 5) is 6.99. The molecule has 2 heterocycles. The molecule has 1 fully saturated rings. The Labute approximate surface area is 158 Å². The van der Waals surface area contributed by atoms with Gasteiger partial charge >= 0.3 is 0 Å². The van der Waals surface area contributed by atoms with Gasteiger partial charge in [-0.2, -0.15) is 0 Å². The number of thioether (sulfide) groups is 2. The molecule has 2 rings (SSSR count). The van der Waals surface area contributed by atoms with Gasteiger partial charge in [-0.15, -0.1) is 23.5 Å². The lowest BCUT2D eigenvalue weighted by molar-refractivity contribution is 0.343. The largest absolute Gasteiger partial charge is 0.293 e. The van der Waals surface area contributed by atoms with E-state index >= 15 is 0 Å². The van der Waals surface area contributed by atoms with Crippen molar-refractivity contribution in [3.63, 3.8) is 0 Å². The third kappa shape index (κ3) is 9.37. The fraction of sp³-hybridized carbons (Fsp3) is 0.722. The Bertz CT molecular complexity index is 408. The number of nitrogens with zero attached hydrogens (tertiary/aromatic N) is 2. The van der Waals surface area contributed by atoms with Gasteiger partial charge in [0.25, 0.3) is 0 Å². The highest BCUT2D eigenvalue weighted by Gasteiger charge is 2.10. The minimum atomic E-state index is 1.06. The molecule has 0 saturated carbocycles. The molecule has 0 amide bonds. The van der Waals surface area contributed by atoms with Crippen molar-refractivity contribution in [2.24, 2.45) is 0 Å². The highest BCUT2D eigenvalue weighted by atomic mass is 79.9. The number of halogens is 1. The predicted octanol–water partition coefficient (Wildman–Crippen LogP) is 6.06. The Morgan fingerprint density at radius 2 is 1.78 bits per heavy atom. The van der Waals surface area contributed by atoms with Crippen molar-refractivity contribution in [2.75, 3.05) is 30.5 Å². The van der Waals surface area contributed by atoms with Gasteiger partial charge in [0.2, 0.25) is 0 Å². The van der Waals surface area contributed by atoms with Crippen molar-refractivity contribution in [2.45, 2.75) is 56.4 Å². The number of aromatic nitrogens is 1. The van der Waals surface area contributed by atoms with Gasteiger partial charge in [0.1, 0.15) is 0 Å². The summed E-state index contributed by atoms with van der Waals surface area (Å²) in [5.41, 5.74) is 0. The molecular formula is C18H29BrN2S2. The Balaban J connectivity index is 1.32. The summed E-state index contributed by atoms with van der Waals surface area (Å²) in [5, 5.41) is 1.14. The smallest absolute Gasteiger partial charge is 0.0960 e. The van der Waals surface area contributed by atoms with Crippen LogP contribution >= 0.6 is 39.5 Å². The monoisotopic (exact) mass is 416 g/mol. The van der Waals surface area contributed by atoms with E-state index in [-0.39, 0.29) is 0 Å². The molecule has 1 aliphatic rings. The zero-order chi connectivity index (χ0) is 16.2. The van der Waals surface area contributed by atoms with Crippen LogP contribution in [-0.4, -0.2) is 40.4 Å². The third-order valence-electron chi connectivity index (χ3n) is 4.14. The maximum Gasteiger partial charge on any atom is 0.0960 e. The van der Waals surface area contributed by atoms with E-state index in [0.717, 1.165) is 9.50 Å². The second-order valence-corrected chi connectivity index (χ2v) is 9.25. The Morgan fingerprint density at radius 1 is 1.04 bits per heavy atom. The van der Waals surface area contributed by atoms with Crippen LogP contribution < -0.4 is 0 Å². The quantitative estimate of drug-likeness (QED) is 0.303. The first kappa shape index (κ1) is 19.6. The second kappa shape index (κ2) is 12.6. The summed E-state index contributed by atoms with van der Waals surface area (Å²) < 4.78 is 1.06. The molecule has 1 aromatic heterocycles. The first-order chi connectivity index (χ1) is 11.3. The average molecular weight is 417 g/mol. The molecule has 1 aliphatic heterocycles. The van der Waals surface area contributed by atoms with Crippen LogP contribution in [0.1, 0.15) is 51.4 Å². The summed E-state index contributed by atoms with van der Waals surface area (Å²) in [7, 11) is 0. The topological polar surface area (TPSA) is 16.1 Å². The first-order valence-corrected chi connectivity index (χ1v) is 11.8. The minimum Gasteiger partial charge on any atom is -0.293 e. The van der Waals surface area contributed by atoms with Crippen molar-refractivity contribution in [3.8, 4) is 0 Å². The van der Waals surface area contributed by atoms with Gasteiger partial charge in [-0.25, -0.2) is 4.98 Å². The molecule has 2 nitrogen and oxygen atoms in total. The van der Waals surface area contributed by atoms with Crippen molar-refractivity contribution in [3.05, 3.63) is 22.8 Å². The standard InChI is InChI=1S/C18H29BrN2S2/c19-17-9-10-18(20-15-17)23-13-8-6-4-2-1-3-5-7-11-21-12-14-22-16-21/h9-10,15H,1-8,11-14,16H2. The van der Waals surface area contributed by atoms with Gasteiger partial charge in [0.05, 0.1) is 5.03 Å². The van der Waals surface area contributed by atoms with Crippen LogP contribution in [0.2, 0.25) is 0 Å². The fourth-order valence-electron chi connectivity index (χ4n) is 2.75. The van der Waals surface area contributed by atoms with Crippen LogP contribution in [0.3, 0.4) is 0 Å². The normalized spacial score (nSPS) is 15.3. The van der Waals surface area contributed by atoms with E-state index in [9.17, 15) is 0 Å². The van der Waals surface area contributed by atoms with Crippen molar-refractivity contribution in [1.29, 1.82) is 0 Å².